The van der Waals surface area contributed by atoms with Crippen LogP contribution in [0.1, 0.15) is 56.3 Å². The summed E-state index contributed by atoms with van der Waals surface area (Å²) in [5.41, 5.74) is 2.04. The molecule has 1 N–H and O–H groups in total. The lowest BCUT2D eigenvalue weighted by Crippen LogP contribution is -2.42. The summed E-state index contributed by atoms with van der Waals surface area (Å²) < 4.78 is 1.89. The summed E-state index contributed by atoms with van der Waals surface area (Å²) in [4.78, 5) is 16.3. The highest BCUT2D eigenvalue weighted by Crippen LogP contribution is 2.35. The van der Waals surface area contributed by atoms with E-state index < -0.39 is 0 Å². The van der Waals surface area contributed by atoms with Crippen LogP contribution >= 0.6 is 11.3 Å². The molecule has 24 heavy (non-hydrogen) atoms. The van der Waals surface area contributed by atoms with Crippen molar-refractivity contribution in [3.63, 3.8) is 0 Å². The average Bonchev–Trinajstić information content (AvgIpc) is 3.11. The van der Waals surface area contributed by atoms with Crippen LogP contribution in [-0.4, -0.2) is 27.3 Å². The first-order valence-corrected chi connectivity index (χ1v) is 9.40. The molecule has 3 heterocycles. The molecule has 0 saturated heterocycles. The fourth-order valence-electron chi connectivity index (χ4n) is 3.36. The van der Waals surface area contributed by atoms with Crippen molar-refractivity contribution >= 4 is 23.2 Å². The maximum atomic E-state index is 12.9. The Hall–Kier alpha value is -1.82. The number of aryl methyl sites for hydroxylation is 1. The SMILES string of the molecule is CCC1c2ccsc2CCN1C(=O)Nc1cc(C)nn1C(C)(C)C. The normalized spacial score (nSPS) is 17.7. The number of amides is 2. The molecule has 0 aromatic carbocycles. The Bertz CT molecular complexity index is 741. The third-order valence-electron chi connectivity index (χ3n) is 4.44. The minimum atomic E-state index is -0.177. The third kappa shape index (κ3) is 3.07. The van der Waals surface area contributed by atoms with Crippen molar-refractivity contribution in [2.75, 3.05) is 11.9 Å². The Labute approximate surface area is 147 Å². The quantitative estimate of drug-likeness (QED) is 0.867. The Balaban J connectivity index is 1.84. The lowest BCUT2D eigenvalue weighted by molar-refractivity contribution is 0.181. The van der Waals surface area contributed by atoms with Gasteiger partial charge in [0.1, 0.15) is 5.82 Å². The van der Waals surface area contributed by atoms with E-state index in [4.69, 9.17) is 0 Å². The van der Waals surface area contributed by atoms with Crippen molar-refractivity contribution in [1.29, 1.82) is 0 Å². The first-order chi connectivity index (χ1) is 11.3. The Morgan fingerprint density at radius 1 is 1.46 bits per heavy atom. The molecule has 2 amide bonds. The highest BCUT2D eigenvalue weighted by atomic mass is 32.1. The second-order valence-corrected chi connectivity index (χ2v) is 8.35. The van der Waals surface area contributed by atoms with Gasteiger partial charge in [-0.2, -0.15) is 5.10 Å². The molecule has 0 saturated carbocycles. The fourth-order valence-corrected chi connectivity index (χ4v) is 4.29. The first kappa shape index (κ1) is 17.0. The number of carbonyl (C=O) groups is 1. The van der Waals surface area contributed by atoms with Crippen LogP contribution in [0.25, 0.3) is 0 Å². The number of nitrogens with zero attached hydrogens (tertiary/aromatic N) is 3. The molecular formula is C18H26N4OS. The van der Waals surface area contributed by atoms with Gasteiger partial charge >= 0.3 is 6.03 Å². The molecule has 2 aromatic heterocycles. The molecule has 130 valence electrons. The number of urea groups is 1. The van der Waals surface area contributed by atoms with Gasteiger partial charge < -0.3 is 4.90 Å². The van der Waals surface area contributed by atoms with Gasteiger partial charge in [0.05, 0.1) is 17.3 Å². The lowest BCUT2D eigenvalue weighted by Gasteiger charge is -2.35. The maximum Gasteiger partial charge on any atom is 0.323 e. The zero-order valence-electron chi connectivity index (χ0n) is 15.1. The number of aromatic nitrogens is 2. The van der Waals surface area contributed by atoms with Crippen molar-refractivity contribution in [2.24, 2.45) is 0 Å². The lowest BCUT2D eigenvalue weighted by atomic mass is 9.98. The molecule has 1 aliphatic heterocycles. The number of anilines is 1. The molecule has 1 aliphatic rings. The van der Waals surface area contributed by atoms with Gasteiger partial charge in [-0.1, -0.05) is 6.92 Å². The van der Waals surface area contributed by atoms with E-state index in [0.717, 1.165) is 30.9 Å². The molecule has 6 heteroatoms. The number of hydrogen-bond donors (Lipinski definition) is 1. The van der Waals surface area contributed by atoms with Gasteiger partial charge in [0.2, 0.25) is 0 Å². The number of rotatable bonds is 2. The Morgan fingerprint density at radius 2 is 2.21 bits per heavy atom. The molecule has 0 spiro atoms. The maximum absolute atomic E-state index is 12.9. The van der Waals surface area contributed by atoms with E-state index in [1.54, 1.807) is 11.3 Å². The van der Waals surface area contributed by atoms with E-state index in [-0.39, 0.29) is 17.6 Å². The van der Waals surface area contributed by atoms with Crippen molar-refractivity contribution in [1.82, 2.24) is 14.7 Å². The predicted octanol–water partition coefficient (Wildman–Crippen LogP) is 4.55. The molecule has 0 bridgehead atoms. The second-order valence-electron chi connectivity index (χ2n) is 7.35. The molecule has 5 nitrogen and oxygen atoms in total. The number of hydrogen-bond acceptors (Lipinski definition) is 3. The molecule has 0 radical (unpaired) electrons. The zero-order valence-corrected chi connectivity index (χ0v) is 15.9. The smallest absolute Gasteiger partial charge is 0.317 e. The van der Waals surface area contributed by atoms with Crippen LogP contribution in [0.2, 0.25) is 0 Å². The summed E-state index contributed by atoms with van der Waals surface area (Å²) in [6.45, 7) is 11.1. The highest BCUT2D eigenvalue weighted by molar-refractivity contribution is 7.10. The van der Waals surface area contributed by atoms with E-state index in [1.165, 1.54) is 10.4 Å². The van der Waals surface area contributed by atoms with E-state index in [2.05, 4.69) is 49.6 Å². The van der Waals surface area contributed by atoms with Gasteiger partial charge in [0, 0.05) is 17.5 Å². The standard InChI is InChI=1S/C18H26N4OS/c1-6-14-13-8-10-24-15(13)7-9-21(14)17(23)19-16-11-12(2)20-22(16)18(3,4)5/h8,10-11,14H,6-7,9H2,1-5H3,(H,19,23). The first-order valence-electron chi connectivity index (χ1n) is 8.52. The number of nitrogens with one attached hydrogen (secondary N) is 1. The van der Waals surface area contributed by atoms with Gasteiger partial charge in [-0.05, 0) is 57.5 Å². The molecule has 0 fully saturated rings. The zero-order chi connectivity index (χ0) is 17.5. The number of thiophene rings is 1. The number of carbonyl (C=O) groups excluding carboxylic acids is 1. The summed E-state index contributed by atoms with van der Waals surface area (Å²) >= 11 is 1.80. The monoisotopic (exact) mass is 346 g/mol. The molecule has 0 aliphatic carbocycles. The minimum absolute atomic E-state index is 0.0379. The Morgan fingerprint density at radius 3 is 2.88 bits per heavy atom. The Kier molecular flexibility index (Phi) is 4.42. The van der Waals surface area contributed by atoms with Crippen LogP contribution in [0.5, 0.6) is 0 Å². The summed E-state index contributed by atoms with van der Waals surface area (Å²) in [7, 11) is 0. The van der Waals surface area contributed by atoms with Gasteiger partial charge in [-0.3, -0.25) is 5.32 Å². The van der Waals surface area contributed by atoms with Crippen molar-refractivity contribution in [3.05, 3.63) is 33.6 Å². The predicted molar refractivity (Wildman–Crippen MR) is 98.7 cm³/mol. The topological polar surface area (TPSA) is 50.2 Å². The largest absolute Gasteiger partial charge is 0.323 e. The van der Waals surface area contributed by atoms with Crippen LogP contribution in [-0.2, 0) is 12.0 Å². The van der Waals surface area contributed by atoms with E-state index in [9.17, 15) is 4.79 Å². The summed E-state index contributed by atoms with van der Waals surface area (Å²) in [5, 5.41) is 9.75. The van der Waals surface area contributed by atoms with Gasteiger partial charge in [0.25, 0.3) is 0 Å². The third-order valence-corrected chi connectivity index (χ3v) is 5.44. The van der Waals surface area contributed by atoms with Crippen LogP contribution in [0.3, 0.4) is 0 Å². The van der Waals surface area contributed by atoms with Crippen LogP contribution in [0, 0.1) is 6.92 Å². The van der Waals surface area contributed by atoms with Crippen LogP contribution in [0.15, 0.2) is 17.5 Å². The molecule has 1 atom stereocenters. The van der Waals surface area contributed by atoms with Crippen molar-refractivity contribution < 1.29 is 4.79 Å². The molecule has 1 unspecified atom stereocenters. The minimum Gasteiger partial charge on any atom is -0.317 e. The van der Waals surface area contributed by atoms with Crippen molar-refractivity contribution in [3.8, 4) is 0 Å². The van der Waals surface area contributed by atoms with Crippen LogP contribution in [0.4, 0.5) is 10.6 Å². The van der Waals surface area contributed by atoms with Crippen LogP contribution < -0.4 is 5.32 Å². The molecule has 2 aromatic rings. The summed E-state index contributed by atoms with van der Waals surface area (Å²) in [6, 6.07) is 4.22. The van der Waals surface area contributed by atoms with E-state index in [1.807, 2.05) is 22.6 Å². The van der Waals surface area contributed by atoms with Gasteiger partial charge in [-0.25, -0.2) is 9.48 Å². The van der Waals surface area contributed by atoms with Gasteiger partial charge in [0.15, 0.2) is 0 Å². The fraction of sp³-hybridized carbons (Fsp3) is 0.556. The molecular weight excluding hydrogens is 320 g/mol. The highest BCUT2D eigenvalue weighted by Gasteiger charge is 2.31. The summed E-state index contributed by atoms with van der Waals surface area (Å²) in [5.74, 6) is 0.760. The molecule has 3 rings (SSSR count). The van der Waals surface area contributed by atoms with E-state index in [0.29, 0.717) is 0 Å². The average molecular weight is 347 g/mol. The van der Waals surface area contributed by atoms with E-state index >= 15 is 0 Å². The van der Waals surface area contributed by atoms with Gasteiger partial charge in [-0.15, -0.1) is 11.3 Å². The summed E-state index contributed by atoms with van der Waals surface area (Å²) in [6.07, 6.45) is 1.86. The van der Waals surface area contributed by atoms with Crippen molar-refractivity contribution in [2.45, 2.75) is 59.0 Å². The second kappa shape index (κ2) is 6.24. The number of fused-ring (bicyclic) bond motifs is 1.